The zero-order valence-corrected chi connectivity index (χ0v) is 11.8. The topological polar surface area (TPSA) is 51.1 Å². The Morgan fingerprint density at radius 2 is 2.30 bits per heavy atom. The maximum atomic E-state index is 8.84. The Kier molecular flexibility index (Phi) is 3.66. The van der Waals surface area contributed by atoms with Crippen molar-refractivity contribution in [3.05, 3.63) is 29.8 Å². The lowest BCUT2D eigenvalue weighted by molar-refractivity contribution is -0.153. The van der Waals surface area contributed by atoms with Gasteiger partial charge in [0.15, 0.2) is 0 Å². The fraction of sp³-hybridized carbons (Fsp3) is 0.562. The van der Waals surface area contributed by atoms with Crippen molar-refractivity contribution in [3.63, 3.8) is 0 Å². The first-order chi connectivity index (χ1) is 9.71. The van der Waals surface area contributed by atoms with Crippen molar-refractivity contribution in [2.75, 3.05) is 6.61 Å². The summed E-state index contributed by atoms with van der Waals surface area (Å²) in [6.07, 6.45) is 5.77. The van der Waals surface area contributed by atoms with E-state index in [4.69, 9.17) is 14.7 Å². The number of nitrogens with zero attached hydrogens (tertiary/aromatic N) is 1. The molecule has 2 aliphatic rings. The summed E-state index contributed by atoms with van der Waals surface area (Å²) in [5.41, 5.74) is 1.58. The molecule has 1 atom stereocenters. The van der Waals surface area contributed by atoms with E-state index in [2.05, 4.69) is 5.16 Å². The second-order valence-electron chi connectivity index (χ2n) is 5.83. The molecule has 3 rings (SSSR count). The van der Waals surface area contributed by atoms with Gasteiger partial charge in [-0.3, -0.25) is 0 Å². The van der Waals surface area contributed by atoms with Crippen LogP contribution >= 0.6 is 0 Å². The lowest BCUT2D eigenvalue weighted by atomic mass is 9.74. The average molecular weight is 275 g/mol. The molecule has 0 aromatic heterocycles. The molecule has 0 amide bonds. The summed E-state index contributed by atoms with van der Waals surface area (Å²) in [5, 5.41) is 12.1. The van der Waals surface area contributed by atoms with Crippen LogP contribution in [0.2, 0.25) is 0 Å². The summed E-state index contributed by atoms with van der Waals surface area (Å²) in [6.45, 7) is 2.57. The number of benzene rings is 1. The molecule has 1 aromatic carbocycles. The van der Waals surface area contributed by atoms with Crippen molar-refractivity contribution in [3.8, 4) is 5.75 Å². The van der Waals surface area contributed by atoms with E-state index in [9.17, 15) is 0 Å². The molecule has 20 heavy (non-hydrogen) atoms. The second-order valence-corrected chi connectivity index (χ2v) is 5.83. The summed E-state index contributed by atoms with van der Waals surface area (Å²) in [7, 11) is 0. The normalized spacial score (nSPS) is 25.2. The van der Waals surface area contributed by atoms with E-state index >= 15 is 0 Å². The molecule has 4 nitrogen and oxygen atoms in total. The molecule has 1 aliphatic carbocycles. The van der Waals surface area contributed by atoms with Gasteiger partial charge in [0.05, 0.1) is 17.9 Å². The third-order valence-corrected chi connectivity index (χ3v) is 4.42. The fourth-order valence-corrected chi connectivity index (χ4v) is 3.05. The minimum atomic E-state index is 0.100. The first kappa shape index (κ1) is 13.4. The van der Waals surface area contributed by atoms with E-state index in [1.165, 1.54) is 19.3 Å². The molecule has 1 aromatic rings. The Morgan fingerprint density at radius 3 is 3.00 bits per heavy atom. The number of hydrogen-bond acceptors (Lipinski definition) is 4. The Labute approximate surface area is 119 Å². The van der Waals surface area contributed by atoms with Gasteiger partial charge in [-0.05, 0) is 38.3 Å². The molecule has 1 unspecified atom stereocenters. The van der Waals surface area contributed by atoms with Gasteiger partial charge in [-0.1, -0.05) is 17.3 Å². The maximum absolute atomic E-state index is 8.84. The summed E-state index contributed by atoms with van der Waals surface area (Å²) < 4.78 is 12.0. The Morgan fingerprint density at radius 1 is 1.45 bits per heavy atom. The third kappa shape index (κ3) is 2.66. The van der Waals surface area contributed by atoms with Gasteiger partial charge in [-0.2, -0.15) is 0 Å². The molecule has 1 saturated carbocycles. The van der Waals surface area contributed by atoms with Crippen LogP contribution in [0.4, 0.5) is 0 Å². The highest BCUT2D eigenvalue weighted by Crippen LogP contribution is 2.43. The molecule has 108 valence electrons. The van der Waals surface area contributed by atoms with E-state index in [0.29, 0.717) is 5.71 Å². The molecule has 0 radical (unpaired) electrons. The standard InChI is InChI=1S/C16H21NO3/c1-12(17-18)13-4-2-5-14(10-13)20-15-6-9-19-16(11-15)7-3-8-16/h2,4-5,10,15,18H,3,6-9,11H2,1H3/b17-12-. The summed E-state index contributed by atoms with van der Waals surface area (Å²) in [6, 6.07) is 7.73. The van der Waals surface area contributed by atoms with E-state index in [0.717, 1.165) is 30.8 Å². The lowest BCUT2D eigenvalue weighted by Gasteiger charge is -2.46. The molecule has 1 heterocycles. The van der Waals surface area contributed by atoms with Crippen LogP contribution in [0.1, 0.15) is 44.6 Å². The van der Waals surface area contributed by atoms with Gasteiger partial charge in [-0.15, -0.1) is 0 Å². The molecule has 1 spiro atoms. The molecule has 4 heteroatoms. The summed E-state index contributed by atoms with van der Waals surface area (Å²) in [4.78, 5) is 0. The first-order valence-electron chi connectivity index (χ1n) is 7.30. The molecule has 2 fully saturated rings. The predicted molar refractivity (Wildman–Crippen MR) is 76.6 cm³/mol. The Bertz CT molecular complexity index is 508. The van der Waals surface area contributed by atoms with Crippen molar-refractivity contribution in [2.24, 2.45) is 5.16 Å². The maximum Gasteiger partial charge on any atom is 0.120 e. The second kappa shape index (κ2) is 5.44. The quantitative estimate of drug-likeness (QED) is 0.523. The molecule has 1 saturated heterocycles. The molecular weight excluding hydrogens is 254 g/mol. The minimum absolute atomic E-state index is 0.100. The van der Waals surface area contributed by atoms with Crippen molar-refractivity contribution in [2.45, 2.75) is 50.7 Å². The summed E-state index contributed by atoms with van der Waals surface area (Å²) in [5.74, 6) is 0.840. The Hall–Kier alpha value is -1.55. The van der Waals surface area contributed by atoms with Crippen LogP contribution in [0.25, 0.3) is 0 Å². The van der Waals surface area contributed by atoms with Crippen molar-refractivity contribution in [1.82, 2.24) is 0 Å². The molecular formula is C16H21NO3. The number of hydrogen-bond donors (Lipinski definition) is 1. The van der Waals surface area contributed by atoms with Gasteiger partial charge in [0.25, 0.3) is 0 Å². The van der Waals surface area contributed by atoms with Gasteiger partial charge < -0.3 is 14.7 Å². The SMILES string of the molecule is C/C(=N/O)c1cccc(OC2CCOC3(CCC3)C2)c1. The lowest BCUT2D eigenvalue weighted by Crippen LogP contribution is -2.48. The van der Waals surface area contributed by atoms with E-state index < -0.39 is 0 Å². The minimum Gasteiger partial charge on any atom is -0.490 e. The van der Waals surface area contributed by atoms with Crippen LogP contribution in [0.15, 0.2) is 29.4 Å². The van der Waals surface area contributed by atoms with Crippen molar-refractivity contribution < 1.29 is 14.7 Å². The smallest absolute Gasteiger partial charge is 0.120 e. The number of oxime groups is 1. The van der Waals surface area contributed by atoms with E-state index in [1.807, 2.05) is 24.3 Å². The van der Waals surface area contributed by atoms with Crippen LogP contribution in [0, 0.1) is 0 Å². The Balaban J connectivity index is 1.68. The van der Waals surface area contributed by atoms with E-state index in [-0.39, 0.29) is 11.7 Å². The van der Waals surface area contributed by atoms with Crippen LogP contribution in [-0.4, -0.2) is 29.2 Å². The number of ether oxygens (including phenoxy) is 2. The highest BCUT2D eigenvalue weighted by atomic mass is 16.5. The zero-order chi connectivity index (χ0) is 14.0. The van der Waals surface area contributed by atoms with Crippen LogP contribution < -0.4 is 4.74 Å². The van der Waals surface area contributed by atoms with Crippen LogP contribution in [-0.2, 0) is 4.74 Å². The van der Waals surface area contributed by atoms with Crippen molar-refractivity contribution >= 4 is 5.71 Å². The van der Waals surface area contributed by atoms with Crippen molar-refractivity contribution in [1.29, 1.82) is 0 Å². The van der Waals surface area contributed by atoms with E-state index in [1.54, 1.807) is 6.92 Å². The average Bonchev–Trinajstić information content (AvgIpc) is 2.45. The zero-order valence-electron chi connectivity index (χ0n) is 11.8. The van der Waals surface area contributed by atoms with Crippen LogP contribution in [0.5, 0.6) is 5.75 Å². The molecule has 0 bridgehead atoms. The highest BCUT2D eigenvalue weighted by molar-refractivity contribution is 5.98. The van der Waals surface area contributed by atoms with Gasteiger partial charge in [0, 0.05) is 18.4 Å². The number of rotatable bonds is 3. The molecule has 1 aliphatic heterocycles. The molecule has 1 N–H and O–H groups in total. The van der Waals surface area contributed by atoms with Gasteiger partial charge >= 0.3 is 0 Å². The van der Waals surface area contributed by atoms with Gasteiger partial charge in [0.2, 0.25) is 0 Å². The predicted octanol–water partition coefficient (Wildman–Crippen LogP) is 3.37. The third-order valence-electron chi connectivity index (χ3n) is 4.42. The van der Waals surface area contributed by atoms with Gasteiger partial charge in [0.1, 0.15) is 11.9 Å². The van der Waals surface area contributed by atoms with Gasteiger partial charge in [-0.25, -0.2) is 0 Å². The van der Waals surface area contributed by atoms with Crippen LogP contribution in [0.3, 0.4) is 0 Å². The summed E-state index contributed by atoms with van der Waals surface area (Å²) >= 11 is 0. The fourth-order valence-electron chi connectivity index (χ4n) is 3.05. The first-order valence-corrected chi connectivity index (χ1v) is 7.30. The highest BCUT2D eigenvalue weighted by Gasteiger charge is 2.43. The monoisotopic (exact) mass is 275 g/mol. The largest absolute Gasteiger partial charge is 0.490 e.